The Labute approximate surface area is 142 Å². The molecule has 0 saturated carbocycles. The molecular formula is C16H13ClN6O. The highest BCUT2D eigenvalue weighted by atomic mass is 35.5. The Balaban J connectivity index is 1.63. The monoisotopic (exact) mass is 340 g/mol. The standard InChI is InChI=1S/C16H13ClN6O/c17-16-20-15(13-2-1-7-23(13)21-16)19-14-8-22(10-18-14)12-5-3-11(9-24)4-6-12/h1-8,10,24H,9H2,(H,19,20,21). The largest absolute Gasteiger partial charge is 0.392 e. The molecule has 0 amide bonds. The van der Waals surface area contributed by atoms with Crippen molar-refractivity contribution in [1.82, 2.24) is 24.1 Å². The number of benzene rings is 1. The van der Waals surface area contributed by atoms with Crippen LogP contribution >= 0.6 is 11.6 Å². The minimum atomic E-state index is 0.0266. The van der Waals surface area contributed by atoms with Gasteiger partial charge in [0, 0.05) is 11.9 Å². The highest BCUT2D eigenvalue weighted by Crippen LogP contribution is 2.21. The van der Waals surface area contributed by atoms with Crippen molar-refractivity contribution in [2.24, 2.45) is 0 Å². The topological polar surface area (TPSA) is 80.3 Å². The summed E-state index contributed by atoms with van der Waals surface area (Å²) in [6, 6.07) is 11.3. The third-order valence-corrected chi connectivity index (χ3v) is 3.77. The van der Waals surface area contributed by atoms with Gasteiger partial charge in [-0.1, -0.05) is 12.1 Å². The van der Waals surface area contributed by atoms with Gasteiger partial charge in [-0.25, -0.2) is 9.50 Å². The van der Waals surface area contributed by atoms with Gasteiger partial charge in [0.1, 0.15) is 17.7 Å². The number of anilines is 2. The van der Waals surface area contributed by atoms with Crippen LogP contribution in [0.3, 0.4) is 0 Å². The third-order valence-electron chi connectivity index (χ3n) is 3.61. The van der Waals surface area contributed by atoms with Crippen LogP contribution in [-0.4, -0.2) is 29.3 Å². The number of halogens is 1. The van der Waals surface area contributed by atoms with Gasteiger partial charge >= 0.3 is 0 Å². The van der Waals surface area contributed by atoms with Crippen LogP contribution in [0.4, 0.5) is 11.6 Å². The van der Waals surface area contributed by atoms with Crippen LogP contribution in [0.5, 0.6) is 0 Å². The SMILES string of the molecule is OCc1ccc(-n2cnc(Nc3nc(Cl)nn4cccc34)c2)cc1. The zero-order valence-corrected chi connectivity index (χ0v) is 13.2. The summed E-state index contributed by atoms with van der Waals surface area (Å²) in [5.41, 5.74) is 2.62. The Morgan fingerprint density at radius 2 is 2.00 bits per heavy atom. The van der Waals surface area contributed by atoms with Crippen molar-refractivity contribution in [3.8, 4) is 5.69 Å². The summed E-state index contributed by atoms with van der Waals surface area (Å²) in [6.07, 6.45) is 5.35. The molecule has 24 heavy (non-hydrogen) atoms. The highest BCUT2D eigenvalue weighted by Gasteiger charge is 2.08. The van der Waals surface area contributed by atoms with Crippen molar-refractivity contribution in [2.45, 2.75) is 6.61 Å². The number of fused-ring (bicyclic) bond motifs is 1. The third kappa shape index (κ3) is 2.70. The Hall–Kier alpha value is -2.90. The summed E-state index contributed by atoms with van der Waals surface area (Å²) in [6.45, 7) is 0.0266. The molecule has 4 rings (SSSR count). The minimum absolute atomic E-state index is 0.0266. The molecule has 3 heterocycles. The zero-order valence-electron chi connectivity index (χ0n) is 12.5. The van der Waals surface area contributed by atoms with Gasteiger partial charge in [-0.05, 0) is 41.4 Å². The lowest BCUT2D eigenvalue weighted by molar-refractivity contribution is 0.282. The van der Waals surface area contributed by atoms with E-state index in [9.17, 15) is 0 Å². The molecule has 4 aromatic rings. The summed E-state index contributed by atoms with van der Waals surface area (Å²) >= 11 is 5.95. The normalized spacial score (nSPS) is 11.1. The van der Waals surface area contributed by atoms with Crippen molar-refractivity contribution >= 4 is 28.8 Å². The first-order valence-electron chi connectivity index (χ1n) is 7.25. The van der Waals surface area contributed by atoms with E-state index in [-0.39, 0.29) is 11.9 Å². The highest BCUT2D eigenvalue weighted by molar-refractivity contribution is 6.28. The predicted molar refractivity (Wildman–Crippen MR) is 90.8 cm³/mol. The second kappa shape index (κ2) is 5.95. The Kier molecular flexibility index (Phi) is 3.64. The van der Waals surface area contributed by atoms with Crippen LogP contribution in [0.15, 0.2) is 55.1 Å². The molecule has 0 aliphatic rings. The van der Waals surface area contributed by atoms with Gasteiger partial charge in [0.05, 0.1) is 12.8 Å². The van der Waals surface area contributed by atoms with E-state index in [0.29, 0.717) is 11.6 Å². The maximum absolute atomic E-state index is 9.10. The molecule has 7 nitrogen and oxygen atoms in total. The average Bonchev–Trinajstić information content (AvgIpc) is 3.24. The average molecular weight is 341 g/mol. The van der Waals surface area contributed by atoms with Crippen LogP contribution in [0.2, 0.25) is 5.28 Å². The van der Waals surface area contributed by atoms with Gasteiger partial charge in [0.15, 0.2) is 5.82 Å². The molecule has 3 aromatic heterocycles. The molecule has 0 fully saturated rings. The van der Waals surface area contributed by atoms with Crippen molar-refractivity contribution in [3.63, 3.8) is 0 Å². The van der Waals surface area contributed by atoms with Gasteiger partial charge in [0.2, 0.25) is 5.28 Å². The van der Waals surface area contributed by atoms with Crippen molar-refractivity contribution in [1.29, 1.82) is 0 Å². The summed E-state index contributed by atoms with van der Waals surface area (Å²) < 4.78 is 3.53. The number of imidazole rings is 1. The lowest BCUT2D eigenvalue weighted by Gasteiger charge is -2.05. The predicted octanol–water partition coefficient (Wildman–Crippen LogP) is 2.80. The molecule has 0 radical (unpaired) electrons. The maximum Gasteiger partial charge on any atom is 0.243 e. The van der Waals surface area contributed by atoms with Gasteiger partial charge in [-0.2, -0.15) is 4.98 Å². The van der Waals surface area contributed by atoms with Gasteiger partial charge in [-0.3, -0.25) is 0 Å². The number of hydrogen-bond acceptors (Lipinski definition) is 5. The Bertz CT molecular complexity index is 991. The van der Waals surface area contributed by atoms with E-state index in [2.05, 4.69) is 20.4 Å². The molecular weight excluding hydrogens is 328 g/mol. The molecule has 0 aliphatic heterocycles. The molecule has 0 bridgehead atoms. The molecule has 1 aromatic carbocycles. The van der Waals surface area contributed by atoms with Crippen LogP contribution in [0.25, 0.3) is 11.2 Å². The number of hydrogen-bond donors (Lipinski definition) is 2. The lowest BCUT2D eigenvalue weighted by atomic mass is 10.2. The van der Waals surface area contributed by atoms with Crippen LogP contribution in [0, 0.1) is 0 Å². The van der Waals surface area contributed by atoms with Crippen LogP contribution in [-0.2, 0) is 6.61 Å². The van der Waals surface area contributed by atoms with E-state index in [1.54, 1.807) is 17.0 Å². The fourth-order valence-electron chi connectivity index (χ4n) is 2.42. The fourth-order valence-corrected chi connectivity index (χ4v) is 2.59. The van der Waals surface area contributed by atoms with Gasteiger partial charge < -0.3 is 15.0 Å². The fraction of sp³-hybridized carbons (Fsp3) is 0.0625. The molecule has 0 aliphatic carbocycles. The number of nitrogens with one attached hydrogen (secondary N) is 1. The summed E-state index contributed by atoms with van der Waals surface area (Å²) in [5.74, 6) is 1.22. The molecule has 0 atom stereocenters. The van der Waals surface area contributed by atoms with Crippen molar-refractivity contribution < 1.29 is 5.11 Å². The lowest BCUT2D eigenvalue weighted by Crippen LogP contribution is -2.01. The number of aliphatic hydroxyl groups is 1. The quantitative estimate of drug-likeness (QED) is 0.597. The van der Waals surface area contributed by atoms with E-state index in [1.807, 2.05) is 47.2 Å². The first-order chi connectivity index (χ1) is 11.7. The number of nitrogens with zero attached hydrogens (tertiary/aromatic N) is 5. The van der Waals surface area contributed by atoms with E-state index in [4.69, 9.17) is 16.7 Å². The van der Waals surface area contributed by atoms with E-state index in [0.717, 1.165) is 16.8 Å². The van der Waals surface area contributed by atoms with Crippen molar-refractivity contribution in [2.75, 3.05) is 5.32 Å². The minimum Gasteiger partial charge on any atom is -0.392 e. The molecule has 0 saturated heterocycles. The first-order valence-corrected chi connectivity index (χ1v) is 7.63. The van der Waals surface area contributed by atoms with E-state index in [1.165, 1.54) is 0 Å². The molecule has 8 heteroatoms. The molecule has 120 valence electrons. The Morgan fingerprint density at radius 3 is 2.79 bits per heavy atom. The van der Waals surface area contributed by atoms with Gasteiger partial charge in [0.25, 0.3) is 0 Å². The second-order valence-electron chi connectivity index (χ2n) is 5.18. The molecule has 2 N–H and O–H groups in total. The smallest absolute Gasteiger partial charge is 0.243 e. The van der Waals surface area contributed by atoms with E-state index >= 15 is 0 Å². The summed E-state index contributed by atoms with van der Waals surface area (Å²) in [5, 5.41) is 16.5. The summed E-state index contributed by atoms with van der Waals surface area (Å²) in [7, 11) is 0. The first kappa shape index (κ1) is 14.7. The Morgan fingerprint density at radius 1 is 1.17 bits per heavy atom. The second-order valence-corrected chi connectivity index (χ2v) is 5.52. The number of aromatic nitrogens is 5. The number of aliphatic hydroxyl groups excluding tert-OH is 1. The number of rotatable bonds is 4. The zero-order chi connectivity index (χ0) is 16.5. The molecule has 0 spiro atoms. The summed E-state index contributed by atoms with van der Waals surface area (Å²) in [4.78, 5) is 8.56. The van der Waals surface area contributed by atoms with E-state index < -0.39 is 0 Å². The molecule has 0 unspecified atom stereocenters. The van der Waals surface area contributed by atoms with Gasteiger partial charge in [-0.15, -0.1) is 5.10 Å². The van der Waals surface area contributed by atoms with Crippen LogP contribution in [0.1, 0.15) is 5.56 Å². The van der Waals surface area contributed by atoms with Crippen LogP contribution < -0.4 is 5.32 Å². The van der Waals surface area contributed by atoms with Crippen molar-refractivity contribution in [3.05, 3.63) is 66.0 Å². The maximum atomic E-state index is 9.10.